The highest BCUT2D eigenvalue weighted by Crippen LogP contribution is 2.26. The summed E-state index contributed by atoms with van der Waals surface area (Å²) in [6.07, 6.45) is 5.55. The summed E-state index contributed by atoms with van der Waals surface area (Å²) in [5.74, 6) is 1.83. The van der Waals surface area contributed by atoms with E-state index in [1.807, 2.05) is 0 Å². The molecule has 1 atom stereocenters. The van der Waals surface area contributed by atoms with Crippen LogP contribution in [0.15, 0.2) is 11.8 Å². The first-order valence-electron chi connectivity index (χ1n) is 7.54. The van der Waals surface area contributed by atoms with Gasteiger partial charge in [-0.1, -0.05) is 0 Å². The molecule has 5 heteroatoms. The molecule has 20 heavy (non-hydrogen) atoms. The lowest BCUT2D eigenvalue weighted by Crippen LogP contribution is -2.26. The first kappa shape index (κ1) is 17.7. The Morgan fingerprint density at radius 1 is 1.10 bits per heavy atom. The molecule has 0 spiro atoms. The fourth-order valence-corrected chi connectivity index (χ4v) is 3.09. The number of hydrogen-bond donors (Lipinski definition) is 0. The molecule has 1 rings (SSSR count). The zero-order valence-corrected chi connectivity index (χ0v) is 14.4. The smallest absolute Gasteiger partial charge is 0.241 e. The third-order valence-corrected chi connectivity index (χ3v) is 3.95. The fourth-order valence-electron chi connectivity index (χ4n) is 2.11. The van der Waals surface area contributed by atoms with Crippen molar-refractivity contribution in [2.75, 3.05) is 40.1 Å². The summed E-state index contributed by atoms with van der Waals surface area (Å²) in [4.78, 5) is 0. The van der Waals surface area contributed by atoms with Gasteiger partial charge in [0, 0.05) is 20.1 Å². The van der Waals surface area contributed by atoms with Crippen LogP contribution >= 0.6 is 0 Å². The molecule has 0 aromatic rings. The van der Waals surface area contributed by atoms with Gasteiger partial charge in [-0.05, 0) is 44.5 Å². The van der Waals surface area contributed by atoms with Gasteiger partial charge in [0.1, 0.15) is 0 Å². The van der Waals surface area contributed by atoms with Crippen molar-refractivity contribution in [3.05, 3.63) is 11.8 Å². The van der Waals surface area contributed by atoms with Gasteiger partial charge >= 0.3 is 0 Å². The molecule has 0 fully saturated rings. The first-order valence-corrected chi connectivity index (χ1v) is 10.9. The van der Waals surface area contributed by atoms with Crippen molar-refractivity contribution >= 4 is 8.32 Å². The average Bonchev–Trinajstić information content (AvgIpc) is 2.38. The van der Waals surface area contributed by atoms with Crippen LogP contribution in [0, 0.1) is 5.92 Å². The van der Waals surface area contributed by atoms with E-state index < -0.39 is 8.32 Å². The Labute approximate surface area is 124 Å². The van der Waals surface area contributed by atoms with Gasteiger partial charge in [-0.3, -0.25) is 0 Å². The molecule has 0 unspecified atom stereocenters. The van der Waals surface area contributed by atoms with Crippen LogP contribution in [0.1, 0.15) is 19.3 Å². The summed E-state index contributed by atoms with van der Waals surface area (Å²) >= 11 is 0. The van der Waals surface area contributed by atoms with Gasteiger partial charge in [-0.15, -0.1) is 0 Å². The number of ether oxygens (including phenoxy) is 3. The quantitative estimate of drug-likeness (QED) is 0.459. The maximum Gasteiger partial charge on any atom is 0.241 e. The minimum atomic E-state index is -1.44. The average molecular weight is 302 g/mol. The molecule has 0 aromatic heterocycles. The molecule has 0 aliphatic heterocycles. The Hall–Kier alpha value is -0.363. The molecule has 0 bridgehead atoms. The number of allylic oxidation sites excluding steroid dienone is 2. The van der Waals surface area contributed by atoms with E-state index in [-0.39, 0.29) is 0 Å². The molecule has 0 N–H and O–H groups in total. The van der Waals surface area contributed by atoms with E-state index in [1.54, 1.807) is 7.11 Å². The summed E-state index contributed by atoms with van der Waals surface area (Å²) in [5.41, 5.74) is 0. The molecule has 0 radical (unpaired) electrons. The molecule has 0 amide bonds. The van der Waals surface area contributed by atoms with Crippen molar-refractivity contribution in [3.8, 4) is 0 Å². The number of rotatable bonds is 10. The van der Waals surface area contributed by atoms with Crippen LogP contribution in [-0.4, -0.2) is 48.5 Å². The van der Waals surface area contributed by atoms with Crippen molar-refractivity contribution in [3.63, 3.8) is 0 Å². The van der Waals surface area contributed by atoms with E-state index in [0.29, 0.717) is 32.3 Å². The summed E-state index contributed by atoms with van der Waals surface area (Å²) in [5, 5.41) is 0. The molecule has 118 valence electrons. The normalized spacial score (nSPS) is 19.8. The van der Waals surface area contributed by atoms with Gasteiger partial charge in [-0.2, -0.15) is 0 Å². The fraction of sp³-hybridized carbons (Fsp3) is 0.867. The highest BCUT2D eigenvalue weighted by Gasteiger charge is 2.21. The molecule has 1 aliphatic carbocycles. The van der Waals surface area contributed by atoms with Gasteiger partial charge < -0.3 is 18.6 Å². The maximum atomic E-state index is 6.03. The van der Waals surface area contributed by atoms with Crippen molar-refractivity contribution < 1.29 is 18.6 Å². The number of methoxy groups -OCH3 is 1. The predicted octanol–water partition coefficient (Wildman–Crippen LogP) is 3.20. The molecular weight excluding hydrogens is 272 g/mol. The van der Waals surface area contributed by atoms with Crippen molar-refractivity contribution in [1.82, 2.24) is 0 Å². The van der Waals surface area contributed by atoms with Gasteiger partial charge in [0.05, 0.1) is 32.2 Å². The van der Waals surface area contributed by atoms with Crippen molar-refractivity contribution in [2.45, 2.75) is 38.9 Å². The van der Waals surface area contributed by atoms with Gasteiger partial charge in [0.15, 0.2) is 0 Å². The van der Waals surface area contributed by atoms with E-state index in [1.165, 1.54) is 12.2 Å². The van der Waals surface area contributed by atoms with E-state index in [2.05, 4.69) is 25.7 Å². The second-order valence-electron chi connectivity index (χ2n) is 6.21. The second-order valence-corrected chi connectivity index (χ2v) is 10.6. The Bertz CT molecular complexity index is 286. The molecule has 0 saturated carbocycles. The molecule has 1 aliphatic rings. The Kier molecular flexibility index (Phi) is 8.45. The highest BCUT2D eigenvalue weighted by molar-refractivity contribution is 6.70. The zero-order valence-electron chi connectivity index (χ0n) is 13.4. The SMILES string of the molecule is COCCOCCOC[C@@H]1CC=C(O[Si](C)(C)C)CC1. The highest BCUT2D eigenvalue weighted by atomic mass is 28.4. The van der Waals surface area contributed by atoms with E-state index in [4.69, 9.17) is 18.6 Å². The van der Waals surface area contributed by atoms with Gasteiger partial charge in [-0.25, -0.2) is 0 Å². The van der Waals surface area contributed by atoms with Crippen molar-refractivity contribution in [1.29, 1.82) is 0 Å². The van der Waals surface area contributed by atoms with Crippen LogP contribution < -0.4 is 0 Å². The largest absolute Gasteiger partial charge is 0.548 e. The third kappa shape index (κ3) is 8.74. The summed E-state index contributed by atoms with van der Waals surface area (Å²) in [7, 11) is 0.237. The van der Waals surface area contributed by atoms with Crippen LogP contribution in [0.5, 0.6) is 0 Å². The van der Waals surface area contributed by atoms with Crippen LogP contribution in [0.4, 0.5) is 0 Å². The second kappa shape index (κ2) is 9.55. The topological polar surface area (TPSA) is 36.9 Å². The molecular formula is C15H30O4Si. The van der Waals surface area contributed by atoms with E-state index in [9.17, 15) is 0 Å². The predicted molar refractivity (Wildman–Crippen MR) is 83.4 cm³/mol. The van der Waals surface area contributed by atoms with Crippen molar-refractivity contribution in [2.24, 2.45) is 5.92 Å². The van der Waals surface area contributed by atoms with Gasteiger partial charge in [0.2, 0.25) is 8.32 Å². The Morgan fingerprint density at radius 2 is 1.80 bits per heavy atom. The first-order chi connectivity index (χ1) is 9.51. The summed E-state index contributed by atoms with van der Waals surface area (Å²) < 4.78 is 22.0. The molecule has 4 nitrogen and oxygen atoms in total. The van der Waals surface area contributed by atoms with Crippen LogP contribution in [-0.2, 0) is 18.6 Å². The minimum absolute atomic E-state index is 0.628. The molecule has 0 heterocycles. The lowest BCUT2D eigenvalue weighted by atomic mass is 9.94. The summed E-state index contributed by atoms with van der Waals surface area (Å²) in [6, 6.07) is 0. The monoisotopic (exact) mass is 302 g/mol. The standard InChI is InChI=1S/C15H30O4Si/c1-16-9-10-17-11-12-18-13-14-5-7-15(8-6-14)19-20(2,3)4/h7,14H,5-6,8-13H2,1-4H3/t14-/m1/s1. The summed E-state index contributed by atoms with van der Waals surface area (Å²) in [6.45, 7) is 10.1. The Morgan fingerprint density at radius 3 is 2.40 bits per heavy atom. The third-order valence-electron chi connectivity index (χ3n) is 3.07. The molecule has 0 aromatic carbocycles. The minimum Gasteiger partial charge on any atom is -0.548 e. The lowest BCUT2D eigenvalue weighted by Gasteiger charge is -2.27. The lowest BCUT2D eigenvalue weighted by molar-refractivity contribution is 0.0142. The maximum absolute atomic E-state index is 6.03. The van der Waals surface area contributed by atoms with Crippen LogP contribution in [0.3, 0.4) is 0 Å². The van der Waals surface area contributed by atoms with Crippen LogP contribution in [0.25, 0.3) is 0 Å². The van der Waals surface area contributed by atoms with Crippen LogP contribution in [0.2, 0.25) is 19.6 Å². The van der Waals surface area contributed by atoms with E-state index in [0.717, 1.165) is 19.4 Å². The van der Waals surface area contributed by atoms with E-state index >= 15 is 0 Å². The number of hydrogen-bond acceptors (Lipinski definition) is 4. The molecule has 0 saturated heterocycles. The zero-order chi connectivity index (χ0) is 14.8. The Balaban J connectivity index is 2.04. The van der Waals surface area contributed by atoms with Gasteiger partial charge in [0.25, 0.3) is 0 Å².